The van der Waals surface area contributed by atoms with E-state index in [4.69, 9.17) is 10.3 Å². The molecule has 1 fully saturated rings. The zero-order chi connectivity index (χ0) is 17.7. The van der Waals surface area contributed by atoms with E-state index in [-0.39, 0.29) is 6.09 Å². The molecule has 0 aromatic heterocycles. The van der Waals surface area contributed by atoms with Crippen LogP contribution < -0.4 is 4.90 Å². The van der Waals surface area contributed by atoms with Gasteiger partial charge in [-0.15, -0.1) is 0 Å². The summed E-state index contributed by atoms with van der Waals surface area (Å²) in [7, 11) is 0. The van der Waals surface area contributed by atoms with E-state index < -0.39 is 5.60 Å². The van der Waals surface area contributed by atoms with Gasteiger partial charge < -0.3 is 14.5 Å². The van der Waals surface area contributed by atoms with Crippen molar-refractivity contribution in [1.29, 1.82) is 0 Å². The molecular formula is C16H23N5O2S. The van der Waals surface area contributed by atoms with Gasteiger partial charge in [0.1, 0.15) is 5.60 Å². The van der Waals surface area contributed by atoms with Gasteiger partial charge in [0.05, 0.1) is 0 Å². The zero-order valence-electron chi connectivity index (χ0n) is 14.3. The van der Waals surface area contributed by atoms with Crippen LogP contribution in [0, 0.1) is 0 Å². The van der Waals surface area contributed by atoms with Crippen LogP contribution in [0.2, 0.25) is 0 Å². The lowest BCUT2D eigenvalue weighted by molar-refractivity contribution is 0.0240. The van der Waals surface area contributed by atoms with Gasteiger partial charge in [-0.2, -0.15) is 12.6 Å². The smallest absolute Gasteiger partial charge is 0.410 e. The summed E-state index contributed by atoms with van der Waals surface area (Å²) in [6.07, 6.45) is -0.277. The molecule has 0 radical (unpaired) electrons. The van der Waals surface area contributed by atoms with E-state index in [1.807, 2.05) is 39.0 Å². The summed E-state index contributed by atoms with van der Waals surface area (Å²) in [5, 5.41) is 3.69. The summed E-state index contributed by atoms with van der Waals surface area (Å²) < 4.78 is 5.41. The Bertz CT molecular complexity index is 644. The fourth-order valence-corrected chi connectivity index (χ4v) is 2.70. The van der Waals surface area contributed by atoms with Crippen molar-refractivity contribution >= 4 is 30.1 Å². The number of azide groups is 1. The number of nitrogens with zero attached hydrogens (tertiary/aromatic N) is 5. The van der Waals surface area contributed by atoms with Crippen molar-refractivity contribution < 1.29 is 9.53 Å². The number of carbonyl (C=O) groups excluding carboxylic acids is 1. The average Bonchev–Trinajstić information content (AvgIpc) is 2.53. The maximum absolute atomic E-state index is 12.1. The fourth-order valence-electron chi connectivity index (χ4n) is 2.51. The molecule has 0 bridgehead atoms. The number of rotatable bonds is 3. The molecule has 1 aromatic carbocycles. The molecule has 0 spiro atoms. The fraction of sp³-hybridized carbons (Fsp3) is 0.562. The van der Waals surface area contributed by atoms with Gasteiger partial charge in [-0.1, -0.05) is 5.11 Å². The molecule has 130 valence electrons. The third kappa shape index (κ3) is 4.97. The van der Waals surface area contributed by atoms with E-state index in [0.717, 1.165) is 11.3 Å². The molecule has 1 amide bonds. The second kappa shape index (κ2) is 7.68. The minimum absolute atomic E-state index is 0.277. The van der Waals surface area contributed by atoms with Crippen molar-refractivity contribution in [2.45, 2.75) is 32.1 Å². The van der Waals surface area contributed by atoms with Gasteiger partial charge >= 0.3 is 6.09 Å². The van der Waals surface area contributed by atoms with Crippen LogP contribution >= 0.6 is 12.6 Å². The van der Waals surface area contributed by atoms with E-state index >= 15 is 0 Å². The molecule has 0 atom stereocenters. The third-order valence-electron chi connectivity index (χ3n) is 3.60. The molecule has 24 heavy (non-hydrogen) atoms. The Morgan fingerprint density at radius 2 is 1.96 bits per heavy atom. The number of hydrogen-bond acceptors (Lipinski definition) is 5. The van der Waals surface area contributed by atoms with Crippen molar-refractivity contribution in [2.75, 3.05) is 31.1 Å². The molecule has 7 nitrogen and oxygen atoms in total. The van der Waals surface area contributed by atoms with Crippen LogP contribution in [-0.4, -0.2) is 42.8 Å². The van der Waals surface area contributed by atoms with Gasteiger partial charge in [0, 0.05) is 48.2 Å². The molecule has 0 saturated carbocycles. The van der Waals surface area contributed by atoms with E-state index in [1.165, 1.54) is 0 Å². The minimum atomic E-state index is -0.487. The highest BCUT2D eigenvalue weighted by molar-refractivity contribution is 7.79. The Balaban J connectivity index is 2.05. The Labute approximate surface area is 147 Å². The molecule has 0 N–H and O–H groups in total. The molecular weight excluding hydrogens is 326 g/mol. The van der Waals surface area contributed by atoms with Crippen molar-refractivity contribution in [1.82, 2.24) is 4.90 Å². The van der Waals surface area contributed by atoms with Crippen molar-refractivity contribution in [3.8, 4) is 0 Å². The minimum Gasteiger partial charge on any atom is -0.444 e. The molecule has 1 saturated heterocycles. The molecule has 1 aliphatic heterocycles. The molecule has 2 rings (SSSR count). The molecule has 0 aliphatic carbocycles. The maximum Gasteiger partial charge on any atom is 0.410 e. The lowest BCUT2D eigenvalue weighted by Gasteiger charge is -2.37. The van der Waals surface area contributed by atoms with E-state index in [2.05, 4.69) is 27.6 Å². The first-order valence-electron chi connectivity index (χ1n) is 7.85. The average molecular weight is 349 g/mol. The molecule has 1 heterocycles. The highest BCUT2D eigenvalue weighted by atomic mass is 32.1. The Morgan fingerprint density at radius 1 is 1.29 bits per heavy atom. The topological polar surface area (TPSA) is 81.5 Å². The number of ether oxygens (including phenoxy) is 1. The van der Waals surface area contributed by atoms with Crippen molar-refractivity contribution in [3.63, 3.8) is 0 Å². The van der Waals surface area contributed by atoms with Crippen molar-refractivity contribution in [3.05, 3.63) is 34.2 Å². The van der Waals surface area contributed by atoms with Gasteiger partial charge in [0.15, 0.2) is 0 Å². The standard InChI is InChI=1S/C16H23N5O2S/c1-16(2,3)23-15(22)21-6-4-20(5-7-21)14-9-12(11-24)8-13(10-14)18-19-17/h8-10,24H,4-7,11H2,1-3H3. The predicted octanol–water partition coefficient (Wildman–Crippen LogP) is 4.12. The second-order valence-corrected chi connectivity index (χ2v) is 6.98. The highest BCUT2D eigenvalue weighted by Crippen LogP contribution is 2.26. The van der Waals surface area contributed by atoms with E-state index in [0.29, 0.717) is 37.6 Å². The third-order valence-corrected chi connectivity index (χ3v) is 3.97. The second-order valence-electron chi connectivity index (χ2n) is 6.66. The number of carbonyl (C=O) groups is 1. The summed E-state index contributed by atoms with van der Waals surface area (Å²) in [4.78, 5) is 18.9. The quantitative estimate of drug-likeness (QED) is 0.386. The van der Waals surface area contributed by atoms with Gasteiger partial charge in [-0.25, -0.2) is 4.79 Å². The molecule has 1 aliphatic rings. The van der Waals surface area contributed by atoms with E-state index in [1.54, 1.807) is 4.90 Å². The number of anilines is 1. The summed E-state index contributed by atoms with van der Waals surface area (Å²) in [5.41, 5.74) is 10.7. The molecule has 0 unspecified atom stereocenters. The number of amides is 1. The summed E-state index contributed by atoms with van der Waals surface area (Å²) >= 11 is 4.29. The van der Waals surface area contributed by atoms with E-state index in [9.17, 15) is 4.79 Å². The first kappa shape index (κ1) is 18.3. The lowest BCUT2D eigenvalue weighted by Crippen LogP contribution is -2.50. The summed E-state index contributed by atoms with van der Waals surface area (Å²) in [5.74, 6) is 0.569. The van der Waals surface area contributed by atoms with Crippen molar-refractivity contribution in [2.24, 2.45) is 5.11 Å². The van der Waals surface area contributed by atoms with Crippen LogP contribution in [0.1, 0.15) is 26.3 Å². The summed E-state index contributed by atoms with van der Waals surface area (Å²) in [6.45, 7) is 8.17. The number of benzene rings is 1. The summed E-state index contributed by atoms with van der Waals surface area (Å²) in [6, 6.07) is 5.72. The predicted molar refractivity (Wildman–Crippen MR) is 98.0 cm³/mol. The Kier molecular flexibility index (Phi) is 5.85. The van der Waals surface area contributed by atoms with Gasteiger partial charge in [0.2, 0.25) is 0 Å². The number of hydrogen-bond donors (Lipinski definition) is 1. The van der Waals surface area contributed by atoms with Gasteiger partial charge in [-0.05, 0) is 50.1 Å². The zero-order valence-corrected chi connectivity index (χ0v) is 15.2. The van der Waals surface area contributed by atoms with Gasteiger partial charge in [-0.3, -0.25) is 0 Å². The van der Waals surface area contributed by atoms with Crippen LogP contribution in [0.3, 0.4) is 0 Å². The van der Waals surface area contributed by atoms with Crippen LogP contribution in [0.15, 0.2) is 23.3 Å². The van der Waals surface area contributed by atoms with Gasteiger partial charge in [0.25, 0.3) is 0 Å². The Hall–Kier alpha value is -2.05. The molecule has 1 aromatic rings. The lowest BCUT2D eigenvalue weighted by atomic mass is 10.1. The first-order valence-corrected chi connectivity index (χ1v) is 8.48. The monoisotopic (exact) mass is 349 g/mol. The highest BCUT2D eigenvalue weighted by Gasteiger charge is 2.26. The maximum atomic E-state index is 12.1. The first-order chi connectivity index (χ1) is 11.3. The number of thiol groups is 1. The SMILES string of the molecule is CC(C)(C)OC(=O)N1CCN(c2cc(CS)cc(N=[N+]=[N-])c2)CC1. The normalized spacial score (nSPS) is 15.0. The van der Waals surface area contributed by atoms with Crippen LogP contribution in [-0.2, 0) is 10.5 Å². The molecule has 8 heteroatoms. The van der Waals surface area contributed by atoms with Crippen LogP contribution in [0.5, 0.6) is 0 Å². The Morgan fingerprint density at radius 3 is 2.50 bits per heavy atom. The largest absolute Gasteiger partial charge is 0.444 e. The number of piperazine rings is 1. The van der Waals surface area contributed by atoms with Crippen LogP contribution in [0.25, 0.3) is 10.4 Å². The van der Waals surface area contributed by atoms with Crippen LogP contribution in [0.4, 0.5) is 16.2 Å².